The van der Waals surface area contributed by atoms with Crippen LogP contribution in [0.3, 0.4) is 0 Å². The lowest BCUT2D eigenvalue weighted by atomic mass is 9.67. The van der Waals surface area contributed by atoms with Gasteiger partial charge in [-0.2, -0.15) is 0 Å². The minimum absolute atomic E-state index is 0.0313. The Bertz CT molecular complexity index is 990. The van der Waals surface area contributed by atoms with Crippen LogP contribution in [0.5, 0.6) is 0 Å². The Kier molecular flexibility index (Phi) is 7.26. The molecule has 0 radical (unpaired) electrons. The molecule has 0 saturated carbocycles. The number of benzene rings is 2. The highest BCUT2D eigenvalue weighted by Gasteiger charge is 2.42. The fourth-order valence-corrected chi connectivity index (χ4v) is 4.42. The van der Waals surface area contributed by atoms with E-state index in [2.05, 4.69) is 24.5 Å². The van der Waals surface area contributed by atoms with Gasteiger partial charge in [0.15, 0.2) is 0 Å². The summed E-state index contributed by atoms with van der Waals surface area (Å²) in [6.45, 7) is 5.13. The highest BCUT2D eigenvalue weighted by molar-refractivity contribution is 5.94. The van der Waals surface area contributed by atoms with Crippen LogP contribution >= 0.6 is 0 Å². The zero-order valence-corrected chi connectivity index (χ0v) is 18.5. The predicted molar refractivity (Wildman–Crippen MR) is 118 cm³/mol. The summed E-state index contributed by atoms with van der Waals surface area (Å²) in [5.74, 6) is -2.57. The lowest BCUT2D eigenvalue weighted by Crippen LogP contribution is -2.57. The van der Waals surface area contributed by atoms with E-state index in [9.17, 15) is 18.4 Å². The van der Waals surface area contributed by atoms with Gasteiger partial charge in [0, 0.05) is 48.7 Å². The van der Waals surface area contributed by atoms with E-state index in [0.29, 0.717) is 31.5 Å². The van der Waals surface area contributed by atoms with Crippen molar-refractivity contribution in [3.8, 4) is 0 Å². The summed E-state index contributed by atoms with van der Waals surface area (Å²) < 4.78 is 32.3. The maximum absolute atomic E-state index is 13.3. The largest absolute Gasteiger partial charge is 0.379 e. The topological polar surface area (TPSA) is 93.4 Å². The molecule has 172 valence electrons. The van der Waals surface area contributed by atoms with Gasteiger partial charge >= 0.3 is 0 Å². The molecule has 0 aromatic heterocycles. The van der Waals surface area contributed by atoms with Gasteiger partial charge in [0.2, 0.25) is 5.91 Å². The van der Waals surface area contributed by atoms with E-state index in [1.54, 1.807) is 13.2 Å². The third-order valence-electron chi connectivity index (χ3n) is 6.09. The van der Waals surface area contributed by atoms with Crippen molar-refractivity contribution in [2.24, 2.45) is 5.73 Å². The molecule has 0 aliphatic heterocycles. The summed E-state index contributed by atoms with van der Waals surface area (Å²) in [5, 5.41) is 6.20. The molecule has 4 N–H and O–H groups in total. The number of hydrogen-bond donors (Lipinski definition) is 3. The van der Waals surface area contributed by atoms with Crippen LogP contribution in [0.4, 0.5) is 8.78 Å². The quantitative estimate of drug-likeness (QED) is 0.545. The van der Waals surface area contributed by atoms with Crippen LogP contribution in [-0.2, 0) is 16.6 Å². The van der Waals surface area contributed by atoms with Crippen LogP contribution in [0.15, 0.2) is 36.4 Å². The van der Waals surface area contributed by atoms with Crippen molar-refractivity contribution in [2.75, 3.05) is 20.2 Å². The number of halogens is 2. The number of rotatable bonds is 8. The van der Waals surface area contributed by atoms with Gasteiger partial charge in [-0.15, -0.1) is 0 Å². The molecule has 8 heteroatoms. The molecule has 2 amide bonds. The van der Waals surface area contributed by atoms with E-state index in [1.165, 1.54) is 0 Å². The van der Waals surface area contributed by atoms with Gasteiger partial charge in [-0.3, -0.25) is 9.59 Å². The summed E-state index contributed by atoms with van der Waals surface area (Å²) >= 11 is 0. The van der Waals surface area contributed by atoms with E-state index in [-0.39, 0.29) is 23.1 Å². The molecule has 1 aliphatic rings. The number of amides is 2. The molecule has 32 heavy (non-hydrogen) atoms. The number of carbonyl (C=O) groups is 2. The molecule has 0 bridgehead atoms. The molecular formula is C24H29F2N3O3. The molecular weight excluding hydrogens is 416 g/mol. The van der Waals surface area contributed by atoms with E-state index >= 15 is 0 Å². The minimum Gasteiger partial charge on any atom is -0.379 e. The molecule has 6 nitrogen and oxygen atoms in total. The number of carbonyl (C=O) groups excluding carboxylic acids is 2. The van der Waals surface area contributed by atoms with Crippen LogP contribution in [0.1, 0.15) is 52.1 Å². The number of nitrogens with one attached hydrogen (secondary N) is 2. The van der Waals surface area contributed by atoms with Gasteiger partial charge in [-0.25, -0.2) is 8.78 Å². The second-order valence-corrected chi connectivity index (χ2v) is 8.64. The van der Waals surface area contributed by atoms with Crippen molar-refractivity contribution in [2.45, 2.75) is 44.2 Å². The van der Waals surface area contributed by atoms with E-state index in [0.717, 1.165) is 29.3 Å². The number of ether oxygens (including phenoxy) is 1. The molecule has 0 saturated heterocycles. The summed E-state index contributed by atoms with van der Waals surface area (Å²) in [4.78, 5) is 23.8. The van der Waals surface area contributed by atoms with Crippen molar-refractivity contribution in [1.82, 2.24) is 10.6 Å². The molecule has 2 atom stereocenters. The Morgan fingerprint density at radius 2 is 1.78 bits per heavy atom. The summed E-state index contributed by atoms with van der Waals surface area (Å²) in [6, 6.07) is 8.23. The van der Waals surface area contributed by atoms with Crippen LogP contribution < -0.4 is 16.4 Å². The van der Waals surface area contributed by atoms with E-state index in [1.807, 2.05) is 12.1 Å². The van der Waals surface area contributed by atoms with Crippen molar-refractivity contribution in [3.63, 3.8) is 0 Å². The molecule has 1 aliphatic carbocycles. The number of fused-ring (bicyclic) bond motifs is 1. The molecule has 0 heterocycles. The fourth-order valence-electron chi connectivity index (χ4n) is 4.42. The molecule has 3 rings (SSSR count). The predicted octanol–water partition coefficient (Wildman–Crippen LogP) is 2.69. The van der Waals surface area contributed by atoms with Crippen LogP contribution in [0.2, 0.25) is 0 Å². The van der Waals surface area contributed by atoms with Gasteiger partial charge < -0.3 is 21.1 Å². The third-order valence-corrected chi connectivity index (χ3v) is 6.09. The molecule has 0 spiro atoms. The van der Waals surface area contributed by atoms with Crippen molar-refractivity contribution in [3.05, 3.63) is 70.3 Å². The van der Waals surface area contributed by atoms with Gasteiger partial charge in [0.25, 0.3) is 5.91 Å². The van der Waals surface area contributed by atoms with Gasteiger partial charge in [0.05, 0.1) is 6.10 Å². The van der Waals surface area contributed by atoms with Gasteiger partial charge in [-0.1, -0.05) is 19.9 Å². The minimum atomic E-state index is -0.790. The lowest BCUT2D eigenvalue weighted by molar-refractivity contribution is 0.0356. The van der Waals surface area contributed by atoms with Crippen LogP contribution in [-0.4, -0.2) is 44.2 Å². The molecule has 0 unspecified atom stereocenters. The fraction of sp³-hybridized carbons (Fsp3) is 0.417. The van der Waals surface area contributed by atoms with Gasteiger partial charge in [-0.05, 0) is 48.4 Å². The lowest BCUT2D eigenvalue weighted by Gasteiger charge is -2.45. The first-order valence-corrected chi connectivity index (χ1v) is 10.6. The van der Waals surface area contributed by atoms with Crippen LogP contribution in [0.25, 0.3) is 0 Å². The smallest absolute Gasteiger partial charge is 0.251 e. The van der Waals surface area contributed by atoms with Gasteiger partial charge in [0.1, 0.15) is 11.6 Å². The average molecular weight is 446 g/mol. The van der Waals surface area contributed by atoms with Crippen molar-refractivity contribution in [1.29, 1.82) is 0 Å². The summed E-state index contributed by atoms with van der Waals surface area (Å²) in [6.07, 6.45) is 1.25. The highest BCUT2D eigenvalue weighted by Crippen LogP contribution is 2.38. The second kappa shape index (κ2) is 9.75. The monoisotopic (exact) mass is 445 g/mol. The van der Waals surface area contributed by atoms with Crippen molar-refractivity contribution < 1.29 is 23.1 Å². The first-order chi connectivity index (χ1) is 15.1. The molecule has 0 fully saturated rings. The maximum Gasteiger partial charge on any atom is 0.251 e. The van der Waals surface area contributed by atoms with E-state index in [4.69, 9.17) is 10.5 Å². The zero-order chi connectivity index (χ0) is 23.5. The Morgan fingerprint density at radius 1 is 1.09 bits per heavy atom. The normalized spacial score (nSPS) is 19.3. The Morgan fingerprint density at radius 3 is 2.41 bits per heavy atom. The average Bonchev–Trinajstić information content (AvgIpc) is 2.73. The van der Waals surface area contributed by atoms with Crippen molar-refractivity contribution >= 4 is 11.8 Å². The Balaban J connectivity index is 1.60. The first kappa shape index (κ1) is 23.8. The summed E-state index contributed by atoms with van der Waals surface area (Å²) in [5.41, 5.74) is 7.74. The molecule has 2 aromatic rings. The zero-order valence-electron chi connectivity index (χ0n) is 18.5. The number of hydrogen-bond acceptors (Lipinski definition) is 4. The number of nitrogens with two attached hydrogens (primary N) is 1. The number of methoxy groups -OCH3 is 1. The standard InChI is InChI=1S/C24H29F2N3O3/c1-24(2)19-11-15(22(27)30)6-5-14(19)12-20(32-3)21(24)28-7-4-8-29-23(31)16-9-17(25)13-18(26)10-16/h5-6,9-11,13,20-21,28H,4,7-8,12H2,1-3H3,(H2,27,30)(H,29,31)/t20-,21+/m0/s1. The van der Waals surface area contributed by atoms with Crippen LogP contribution in [0, 0.1) is 11.6 Å². The SMILES string of the molecule is CO[C@H]1Cc2ccc(C(N)=O)cc2C(C)(C)[C@@H]1NCCCNC(=O)c1cc(F)cc(F)c1. The third kappa shape index (κ3) is 5.14. The Hall–Kier alpha value is -2.84. The molecule has 2 aromatic carbocycles. The maximum atomic E-state index is 13.3. The summed E-state index contributed by atoms with van der Waals surface area (Å²) in [7, 11) is 1.68. The second-order valence-electron chi connectivity index (χ2n) is 8.64. The highest BCUT2D eigenvalue weighted by atomic mass is 19.1. The Labute approximate surface area is 186 Å². The van der Waals surface area contributed by atoms with E-state index < -0.39 is 23.4 Å². The number of primary amides is 1. The first-order valence-electron chi connectivity index (χ1n) is 10.6.